The zero-order valence-electron chi connectivity index (χ0n) is 25.7. The number of allylic oxidation sites excluding steroid dienone is 4. The fraction of sp³-hybridized carbons (Fsp3) is 0.600. The van der Waals surface area contributed by atoms with E-state index in [0.29, 0.717) is 30.9 Å². The van der Waals surface area contributed by atoms with Gasteiger partial charge in [0.05, 0.1) is 17.0 Å². The Balaban J connectivity index is 0.00000742. The molecule has 1 saturated carbocycles. The van der Waals surface area contributed by atoms with Crippen molar-refractivity contribution in [2.24, 2.45) is 27.6 Å². The molecular formula is C30H49FN6O3. The van der Waals surface area contributed by atoms with Crippen molar-refractivity contribution in [3.05, 3.63) is 34.9 Å². The number of hydrogen-bond acceptors (Lipinski definition) is 5. The Kier molecular flexibility index (Phi) is 17.1. The maximum absolute atomic E-state index is 14.4. The number of terminal acetylenes is 1. The Morgan fingerprint density at radius 1 is 1.27 bits per heavy atom. The number of carbonyl (C=O) groups is 2. The third-order valence-electron chi connectivity index (χ3n) is 6.22. The van der Waals surface area contributed by atoms with Gasteiger partial charge < -0.3 is 26.4 Å². The first kappa shape index (κ1) is 36.5. The maximum Gasteiger partial charge on any atom is 0.319 e. The molecular weight excluding hydrogens is 511 g/mol. The molecule has 1 fully saturated rings. The molecule has 1 rings (SSSR count). The van der Waals surface area contributed by atoms with Crippen LogP contribution in [0.2, 0.25) is 0 Å². The highest BCUT2D eigenvalue weighted by Crippen LogP contribution is 2.28. The Hall–Kier alpha value is -3.45. The van der Waals surface area contributed by atoms with Crippen molar-refractivity contribution in [3.8, 4) is 12.3 Å². The number of nitrogens with zero attached hydrogens (tertiary/aromatic N) is 2. The second-order valence-electron chi connectivity index (χ2n) is 9.74. The number of hydrogen-bond donors (Lipinski definition) is 4. The Labute approximate surface area is 240 Å². The molecule has 3 amide bonds. The van der Waals surface area contributed by atoms with Crippen molar-refractivity contribution in [1.29, 1.82) is 0 Å². The minimum Gasteiger partial charge on any atom is -0.387 e. The summed E-state index contributed by atoms with van der Waals surface area (Å²) >= 11 is 0. The van der Waals surface area contributed by atoms with Gasteiger partial charge >= 0.3 is 6.03 Å². The van der Waals surface area contributed by atoms with Crippen LogP contribution in [0.5, 0.6) is 0 Å². The lowest BCUT2D eigenvalue weighted by molar-refractivity contribution is -0.120. The Morgan fingerprint density at radius 2 is 1.90 bits per heavy atom. The minimum atomic E-state index is -0.882. The molecule has 0 heterocycles. The predicted molar refractivity (Wildman–Crippen MR) is 162 cm³/mol. The maximum atomic E-state index is 14.4. The molecule has 1 unspecified atom stereocenters. The van der Waals surface area contributed by atoms with Gasteiger partial charge in [0, 0.05) is 39.0 Å². The van der Waals surface area contributed by atoms with Gasteiger partial charge in [-0.1, -0.05) is 33.8 Å². The fourth-order valence-electron chi connectivity index (χ4n) is 3.28. The molecule has 5 N–H and O–H groups in total. The van der Waals surface area contributed by atoms with Gasteiger partial charge in [-0.25, -0.2) is 9.79 Å². The molecule has 0 spiro atoms. The lowest BCUT2D eigenvalue weighted by atomic mass is 10.0. The third-order valence-corrected chi connectivity index (χ3v) is 6.22. The molecule has 0 bridgehead atoms. The first-order valence-electron chi connectivity index (χ1n) is 13.8. The van der Waals surface area contributed by atoms with Gasteiger partial charge in [0.25, 0.3) is 0 Å². The molecule has 1 atom stereocenters. The average Bonchev–Trinajstić information content (AvgIpc) is 3.80. The monoisotopic (exact) mass is 560 g/mol. The van der Waals surface area contributed by atoms with Gasteiger partial charge in [0.15, 0.2) is 5.83 Å². The lowest BCUT2D eigenvalue weighted by Crippen LogP contribution is -2.39. The largest absolute Gasteiger partial charge is 0.387 e. The normalized spacial score (nSPS) is 16.1. The van der Waals surface area contributed by atoms with Crippen LogP contribution >= 0.6 is 0 Å². The molecule has 0 aromatic rings. The highest BCUT2D eigenvalue weighted by Gasteiger charge is 2.30. The number of methoxy groups -OCH3 is 1. The topological polar surface area (TPSA) is 130 Å². The summed E-state index contributed by atoms with van der Waals surface area (Å²) in [6.07, 6.45) is 11.8. The SMILES string of the molecule is C#C/C(F)=C(\CC(C)C(N)=NC(=C\C)/C(=C/C(=NC)NC(=O)C1CC1)CC)NC(=O)NCCC(C)(C)OC.CC. The molecule has 0 aromatic carbocycles. The first-order valence-corrected chi connectivity index (χ1v) is 13.8. The van der Waals surface area contributed by atoms with Gasteiger partial charge in [-0.05, 0) is 64.0 Å². The van der Waals surface area contributed by atoms with Crippen molar-refractivity contribution in [3.63, 3.8) is 0 Å². The smallest absolute Gasteiger partial charge is 0.319 e. The first-order chi connectivity index (χ1) is 18.9. The zero-order chi connectivity index (χ0) is 30.9. The Morgan fingerprint density at radius 3 is 2.38 bits per heavy atom. The summed E-state index contributed by atoms with van der Waals surface area (Å²) in [6, 6.07) is -0.579. The molecule has 224 valence electrons. The number of urea groups is 1. The van der Waals surface area contributed by atoms with Crippen LogP contribution in [-0.4, -0.2) is 49.9 Å². The average molecular weight is 561 g/mol. The molecule has 0 saturated heterocycles. The van der Waals surface area contributed by atoms with Gasteiger partial charge in [-0.2, -0.15) is 4.39 Å². The van der Waals surface area contributed by atoms with E-state index in [2.05, 4.69) is 25.9 Å². The van der Waals surface area contributed by atoms with Gasteiger partial charge in [-0.3, -0.25) is 9.79 Å². The van der Waals surface area contributed by atoms with Crippen molar-refractivity contribution < 1.29 is 18.7 Å². The van der Waals surface area contributed by atoms with Crippen LogP contribution in [0.15, 0.2) is 44.9 Å². The second-order valence-corrected chi connectivity index (χ2v) is 9.74. The summed E-state index contributed by atoms with van der Waals surface area (Å²) in [7, 11) is 3.20. The summed E-state index contributed by atoms with van der Waals surface area (Å²) in [4.78, 5) is 33.2. The zero-order valence-corrected chi connectivity index (χ0v) is 25.7. The fourth-order valence-corrected chi connectivity index (χ4v) is 3.28. The van der Waals surface area contributed by atoms with E-state index < -0.39 is 23.4 Å². The highest BCUT2D eigenvalue weighted by molar-refractivity contribution is 6.06. The summed E-state index contributed by atoms with van der Waals surface area (Å²) in [6.45, 7) is 13.7. The van der Waals surface area contributed by atoms with E-state index in [1.165, 1.54) is 0 Å². The number of halogens is 1. The number of carbonyl (C=O) groups excluding carboxylic acids is 2. The van der Waals surface area contributed by atoms with E-state index in [4.69, 9.17) is 16.9 Å². The molecule has 40 heavy (non-hydrogen) atoms. The number of aliphatic imine (C=N–C) groups is 2. The van der Waals surface area contributed by atoms with Crippen molar-refractivity contribution in [1.82, 2.24) is 16.0 Å². The standard InChI is InChI=1S/C28H43FN6O3.C2H6/c1-9-19(17-24(31-7)35-26(36)20-12-13-20)22(11-3)33-25(30)18(4)16-23(21(29)10-2)34-27(37)32-15-14-28(5,6)38-8;1-2/h2,11,17-18,20H,9,12-16H2,1,3-8H3,(H2,30,33)(H,31,35,36)(H2,32,34,37);1-2H3/b19-17+,22-11-,23-21-;. The summed E-state index contributed by atoms with van der Waals surface area (Å²) in [5.74, 6) is 1.32. The highest BCUT2D eigenvalue weighted by atomic mass is 19.1. The number of rotatable bonds is 13. The van der Waals surface area contributed by atoms with E-state index in [1.807, 2.05) is 47.5 Å². The van der Waals surface area contributed by atoms with Gasteiger partial charge in [0.2, 0.25) is 5.91 Å². The molecule has 10 heteroatoms. The number of ether oxygens (including phenoxy) is 1. The molecule has 0 aromatic heterocycles. The van der Waals surface area contributed by atoms with Crippen LogP contribution in [-0.2, 0) is 9.53 Å². The summed E-state index contributed by atoms with van der Waals surface area (Å²) < 4.78 is 19.8. The van der Waals surface area contributed by atoms with E-state index in [9.17, 15) is 14.0 Å². The molecule has 9 nitrogen and oxygen atoms in total. The van der Waals surface area contributed by atoms with Crippen molar-refractivity contribution in [2.45, 2.75) is 86.2 Å². The predicted octanol–water partition coefficient (Wildman–Crippen LogP) is 5.12. The van der Waals surface area contributed by atoms with Crippen LogP contribution in [0.3, 0.4) is 0 Å². The number of amidine groups is 2. The van der Waals surface area contributed by atoms with E-state index >= 15 is 0 Å². The molecule has 1 aliphatic rings. The van der Waals surface area contributed by atoms with Crippen molar-refractivity contribution >= 4 is 23.6 Å². The molecule has 0 aliphatic heterocycles. The van der Waals surface area contributed by atoms with Crippen LogP contribution in [0.1, 0.15) is 80.6 Å². The third kappa shape index (κ3) is 13.6. The van der Waals surface area contributed by atoms with Gasteiger partial charge in [0.1, 0.15) is 11.7 Å². The minimum absolute atomic E-state index is 0.0314. The van der Waals surface area contributed by atoms with E-state index in [0.717, 1.165) is 18.4 Å². The summed E-state index contributed by atoms with van der Waals surface area (Å²) in [5.41, 5.74) is 7.25. The van der Waals surface area contributed by atoms with Crippen LogP contribution in [0, 0.1) is 24.2 Å². The summed E-state index contributed by atoms with van der Waals surface area (Å²) in [5, 5.41) is 8.03. The van der Waals surface area contributed by atoms with E-state index in [1.54, 1.807) is 33.2 Å². The van der Waals surface area contributed by atoms with Crippen LogP contribution in [0.25, 0.3) is 0 Å². The van der Waals surface area contributed by atoms with Gasteiger partial charge in [-0.15, -0.1) is 6.42 Å². The van der Waals surface area contributed by atoms with Crippen molar-refractivity contribution in [2.75, 3.05) is 20.7 Å². The van der Waals surface area contributed by atoms with E-state index in [-0.39, 0.29) is 29.8 Å². The number of amides is 3. The Bertz CT molecular complexity index is 1050. The number of nitrogens with two attached hydrogens (primary N) is 1. The quantitative estimate of drug-likeness (QED) is 0.108. The van der Waals surface area contributed by atoms with Crippen LogP contribution in [0.4, 0.5) is 9.18 Å². The lowest BCUT2D eigenvalue weighted by Gasteiger charge is -2.23. The molecule has 0 radical (unpaired) electrons. The van der Waals surface area contributed by atoms with Crippen LogP contribution < -0.4 is 21.7 Å². The number of nitrogens with one attached hydrogen (secondary N) is 3. The molecule has 1 aliphatic carbocycles. The second kappa shape index (κ2) is 18.8.